The maximum absolute atomic E-state index is 13.5. The number of phenols is 1. The van der Waals surface area contributed by atoms with Crippen molar-refractivity contribution < 1.29 is 9.50 Å². The highest BCUT2D eigenvalue weighted by Gasteiger charge is 2.25. The summed E-state index contributed by atoms with van der Waals surface area (Å²) in [6, 6.07) is 9.27. The smallest absolute Gasteiger partial charge is 0.270 e. The van der Waals surface area contributed by atoms with Crippen molar-refractivity contribution in [2.45, 2.75) is 6.54 Å². The van der Waals surface area contributed by atoms with E-state index in [9.17, 15) is 19.6 Å². The Bertz CT molecular complexity index is 1230. The Balaban J connectivity index is 1.64. The van der Waals surface area contributed by atoms with Gasteiger partial charge in [-0.25, -0.2) is 9.37 Å². The Kier molecular flexibility index (Phi) is 5.33. The second kappa shape index (κ2) is 7.94. The molecule has 3 aromatic rings. The van der Waals surface area contributed by atoms with Crippen LogP contribution in [0.25, 0.3) is 11.0 Å². The Morgan fingerprint density at radius 3 is 2.67 bits per heavy atom. The zero-order valence-electron chi connectivity index (χ0n) is 16.3. The fourth-order valence-corrected chi connectivity index (χ4v) is 3.98. The van der Waals surface area contributed by atoms with Crippen LogP contribution in [0.15, 0.2) is 35.1 Å². The number of nitrogens with zero attached hydrogens (tertiary/aromatic N) is 5. The average Bonchev–Trinajstić information content (AvgIpc) is 2.74. The van der Waals surface area contributed by atoms with E-state index >= 15 is 0 Å². The van der Waals surface area contributed by atoms with Gasteiger partial charge in [0, 0.05) is 45.3 Å². The van der Waals surface area contributed by atoms with Crippen molar-refractivity contribution in [1.82, 2.24) is 14.5 Å². The highest BCUT2D eigenvalue weighted by atomic mass is 35.5. The lowest BCUT2D eigenvalue weighted by molar-refractivity contribution is 0.246. The minimum Gasteiger partial charge on any atom is -0.508 e. The molecule has 0 amide bonds. The number of nitriles is 1. The Hall–Kier alpha value is -3.15. The normalized spacial score (nSPS) is 14.8. The molecule has 9 heteroatoms. The maximum atomic E-state index is 13.5. The van der Waals surface area contributed by atoms with Crippen LogP contribution in [0.4, 0.5) is 10.1 Å². The number of aromatic hydroxyl groups is 1. The number of aromatic nitrogens is 2. The number of anilines is 1. The molecule has 0 atom stereocenters. The van der Waals surface area contributed by atoms with Crippen molar-refractivity contribution in [3.05, 3.63) is 62.8 Å². The quantitative estimate of drug-likeness (QED) is 0.647. The maximum Gasteiger partial charge on any atom is 0.270 e. The van der Waals surface area contributed by atoms with Gasteiger partial charge in [0.25, 0.3) is 5.56 Å². The molecule has 1 aromatic carbocycles. The van der Waals surface area contributed by atoms with Gasteiger partial charge in [-0.3, -0.25) is 9.69 Å². The van der Waals surface area contributed by atoms with Gasteiger partial charge in [0.2, 0.25) is 0 Å². The predicted octanol–water partition coefficient (Wildman–Crippen LogP) is 2.63. The number of fused-ring (bicyclic) bond motifs is 1. The Morgan fingerprint density at radius 2 is 1.97 bits per heavy atom. The molecule has 0 spiro atoms. The molecule has 7 nitrogen and oxygen atoms in total. The number of rotatable bonds is 3. The highest BCUT2D eigenvalue weighted by Crippen LogP contribution is 2.29. The molecule has 4 rings (SSSR count). The first-order valence-electron chi connectivity index (χ1n) is 9.43. The molecule has 3 heterocycles. The molecule has 1 saturated heterocycles. The van der Waals surface area contributed by atoms with Crippen LogP contribution in [-0.4, -0.2) is 45.7 Å². The summed E-state index contributed by atoms with van der Waals surface area (Å²) in [7, 11) is 1.61. The lowest BCUT2D eigenvalue weighted by atomic mass is 10.1. The molecule has 0 radical (unpaired) electrons. The van der Waals surface area contributed by atoms with Crippen LogP contribution in [0.3, 0.4) is 0 Å². The van der Waals surface area contributed by atoms with Crippen molar-refractivity contribution in [2.24, 2.45) is 7.05 Å². The summed E-state index contributed by atoms with van der Waals surface area (Å²) >= 11 is 6.10. The van der Waals surface area contributed by atoms with Gasteiger partial charge in [-0.1, -0.05) is 11.6 Å². The van der Waals surface area contributed by atoms with Crippen LogP contribution < -0.4 is 10.5 Å². The topological polar surface area (TPSA) is 85.4 Å². The van der Waals surface area contributed by atoms with Crippen LogP contribution in [0.2, 0.25) is 5.15 Å². The van der Waals surface area contributed by atoms with Crippen molar-refractivity contribution in [1.29, 1.82) is 5.26 Å². The van der Waals surface area contributed by atoms with Gasteiger partial charge in [0.05, 0.1) is 11.2 Å². The monoisotopic (exact) mass is 427 g/mol. The summed E-state index contributed by atoms with van der Waals surface area (Å²) in [6.07, 6.45) is 0. The Morgan fingerprint density at radius 1 is 1.23 bits per heavy atom. The van der Waals surface area contributed by atoms with Crippen LogP contribution in [0, 0.1) is 17.1 Å². The molecular formula is C21H19ClFN5O2. The number of halogens is 2. The molecule has 0 bridgehead atoms. The third kappa shape index (κ3) is 3.58. The van der Waals surface area contributed by atoms with Gasteiger partial charge < -0.3 is 14.6 Å². The van der Waals surface area contributed by atoms with Gasteiger partial charge in [-0.2, -0.15) is 5.26 Å². The van der Waals surface area contributed by atoms with E-state index in [-0.39, 0.29) is 22.0 Å². The zero-order chi connectivity index (χ0) is 21.4. The van der Waals surface area contributed by atoms with E-state index < -0.39 is 5.82 Å². The van der Waals surface area contributed by atoms with Crippen molar-refractivity contribution >= 4 is 28.3 Å². The molecule has 30 heavy (non-hydrogen) atoms. The fraction of sp³-hybridized carbons (Fsp3) is 0.286. The number of pyridine rings is 2. The number of phenolic OH excluding ortho intramolecular Hbond substituents is 1. The van der Waals surface area contributed by atoms with Crippen molar-refractivity contribution in [3.8, 4) is 11.8 Å². The molecule has 2 aromatic heterocycles. The predicted molar refractivity (Wildman–Crippen MR) is 112 cm³/mol. The SMILES string of the molecule is Cn1c(=O)c(C#N)c(N2CCN(Cc3cc(F)ccc3O)CC2)c2nc(Cl)ccc21. The number of piperazine rings is 1. The number of hydrogen-bond acceptors (Lipinski definition) is 6. The summed E-state index contributed by atoms with van der Waals surface area (Å²) < 4.78 is 14.9. The van der Waals surface area contributed by atoms with Crippen LogP contribution in [0.5, 0.6) is 5.75 Å². The summed E-state index contributed by atoms with van der Waals surface area (Å²) in [5.41, 5.74) is 1.79. The lowest BCUT2D eigenvalue weighted by Crippen LogP contribution is -2.47. The molecule has 1 aliphatic rings. The van der Waals surface area contributed by atoms with E-state index in [0.717, 1.165) is 0 Å². The zero-order valence-corrected chi connectivity index (χ0v) is 17.0. The third-order valence-electron chi connectivity index (χ3n) is 5.42. The molecule has 1 N–H and O–H groups in total. The summed E-state index contributed by atoms with van der Waals surface area (Å²) in [4.78, 5) is 21.2. The second-order valence-electron chi connectivity index (χ2n) is 7.24. The van der Waals surface area contributed by atoms with Crippen molar-refractivity contribution in [3.63, 3.8) is 0 Å². The van der Waals surface area contributed by atoms with Crippen LogP contribution in [-0.2, 0) is 13.6 Å². The lowest BCUT2D eigenvalue weighted by Gasteiger charge is -2.36. The molecule has 0 unspecified atom stereocenters. The summed E-state index contributed by atoms with van der Waals surface area (Å²) in [5, 5.41) is 19.9. The van der Waals surface area contributed by atoms with Gasteiger partial charge >= 0.3 is 0 Å². The number of hydrogen-bond donors (Lipinski definition) is 1. The molecule has 154 valence electrons. The van der Waals surface area contributed by atoms with E-state index in [1.54, 1.807) is 19.2 Å². The molecule has 0 saturated carbocycles. The van der Waals surface area contributed by atoms with E-state index in [4.69, 9.17) is 11.6 Å². The number of aryl methyl sites for hydroxylation is 1. The molecule has 1 fully saturated rings. The average molecular weight is 428 g/mol. The summed E-state index contributed by atoms with van der Waals surface area (Å²) in [6.45, 7) is 2.71. The fourth-order valence-electron chi connectivity index (χ4n) is 3.83. The van der Waals surface area contributed by atoms with Crippen LogP contribution in [0.1, 0.15) is 11.1 Å². The largest absolute Gasteiger partial charge is 0.508 e. The first-order chi connectivity index (χ1) is 14.4. The van der Waals surface area contributed by atoms with Gasteiger partial charge in [-0.15, -0.1) is 0 Å². The second-order valence-corrected chi connectivity index (χ2v) is 7.62. The summed E-state index contributed by atoms with van der Waals surface area (Å²) in [5.74, 6) is -0.336. The van der Waals surface area contributed by atoms with Crippen LogP contribution >= 0.6 is 11.6 Å². The van der Waals surface area contributed by atoms with E-state index in [0.29, 0.717) is 55.0 Å². The van der Waals surface area contributed by atoms with E-state index in [1.807, 2.05) is 11.0 Å². The van der Waals surface area contributed by atoms with Gasteiger partial charge in [0.1, 0.15) is 33.9 Å². The highest BCUT2D eigenvalue weighted by molar-refractivity contribution is 6.29. The molecule has 1 aliphatic heterocycles. The Labute approximate surface area is 177 Å². The van der Waals surface area contributed by atoms with Gasteiger partial charge in [-0.05, 0) is 30.3 Å². The number of benzene rings is 1. The molecule has 0 aliphatic carbocycles. The molecular weight excluding hydrogens is 409 g/mol. The first-order valence-corrected chi connectivity index (χ1v) is 9.81. The van der Waals surface area contributed by atoms with Crippen molar-refractivity contribution in [2.75, 3.05) is 31.1 Å². The minimum absolute atomic E-state index is 0.0380. The standard InChI is InChI=1S/C21H19ClFN5O2/c1-26-16-3-5-18(22)25-19(16)20(15(11-24)21(26)30)28-8-6-27(7-9-28)12-13-10-14(23)2-4-17(13)29/h2-5,10,29H,6-9,12H2,1H3. The van der Waals surface area contributed by atoms with E-state index in [2.05, 4.69) is 9.88 Å². The van der Waals surface area contributed by atoms with Gasteiger partial charge in [0.15, 0.2) is 0 Å². The minimum atomic E-state index is -0.394. The first kappa shape index (κ1) is 20.1. The van der Waals surface area contributed by atoms with E-state index in [1.165, 1.54) is 22.8 Å². The third-order valence-corrected chi connectivity index (χ3v) is 5.63.